The lowest BCUT2D eigenvalue weighted by Crippen LogP contribution is -2.55. The van der Waals surface area contributed by atoms with Gasteiger partial charge in [0.2, 0.25) is 5.88 Å². The number of methoxy groups -OCH3 is 1. The van der Waals surface area contributed by atoms with E-state index in [1.165, 1.54) is 17.7 Å². The highest BCUT2D eigenvalue weighted by Gasteiger charge is 2.61. The van der Waals surface area contributed by atoms with E-state index in [0.29, 0.717) is 40.2 Å². The maximum absolute atomic E-state index is 14.5. The number of ether oxygens (including phenoxy) is 1. The second-order valence-corrected chi connectivity index (χ2v) is 10.5. The van der Waals surface area contributed by atoms with Crippen LogP contribution in [0.5, 0.6) is 0 Å². The third-order valence-electron chi connectivity index (χ3n) is 7.97. The van der Waals surface area contributed by atoms with Gasteiger partial charge in [0.15, 0.2) is 5.60 Å². The molecule has 1 aromatic heterocycles. The molecule has 6 nitrogen and oxygen atoms in total. The number of anilines is 1. The minimum atomic E-state index is -4.88. The lowest BCUT2D eigenvalue weighted by Gasteiger charge is -2.45. The second kappa shape index (κ2) is 10.3. The quantitative estimate of drug-likeness (QED) is 0.370. The maximum Gasteiger partial charge on any atom is 0.419 e. The number of hydrogen-bond acceptors (Lipinski definition) is 5. The van der Waals surface area contributed by atoms with Gasteiger partial charge in [0.05, 0.1) is 30.6 Å². The van der Waals surface area contributed by atoms with Crippen molar-refractivity contribution in [3.8, 4) is 0 Å². The predicted molar refractivity (Wildman–Crippen MR) is 152 cm³/mol. The van der Waals surface area contributed by atoms with Gasteiger partial charge in [0.1, 0.15) is 0 Å². The molecule has 2 aromatic carbocycles. The number of nitrogens with zero attached hydrogens (tertiary/aromatic N) is 2. The number of benzene rings is 2. The van der Waals surface area contributed by atoms with Crippen molar-refractivity contribution in [1.82, 2.24) is 4.57 Å². The highest BCUT2D eigenvalue weighted by molar-refractivity contribution is 6.06. The number of fused-ring (bicyclic) bond motifs is 2. The molecule has 0 spiro atoms. The summed E-state index contributed by atoms with van der Waals surface area (Å²) in [5, 5.41) is 14.9. The summed E-state index contributed by atoms with van der Waals surface area (Å²) in [6.07, 6.45) is -0.683. The molecule has 9 heteroatoms. The summed E-state index contributed by atoms with van der Waals surface area (Å²) in [5.74, 6) is -0.0239. The molecule has 2 N–H and O–H groups in total. The summed E-state index contributed by atoms with van der Waals surface area (Å²) in [6.45, 7) is 5.60. The maximum atomic E-state index is 14.5. The number of hydrogen-bond donors (Lipinski definition) is 2. The lowest BCUT2D eigenvalue weighted by atomic mass is 9.70. The second-order valence-electron chi connectivity index (χ2n) is 10.5. The molecule has 0 fully saturated rings. The SMILES string of the molecule is CCc1ccc2c(c1)C(C)CC(O)(C(F)(F)F)C2Nc1cccc2c1ccc(=O)n2C1=CCC(C)=C(OC)N=C1. The van der Waals surface area contributed by atoms with E-state index in [1.54, 1.807) is 43.5 Å². The highest BCUT2D eigenvalue weighted by atomic mass is 19.4. The molecule has 0 saturated heterocycles. The third-order valence-corrected chi connectivity index (χ3v) is 7.97. The van der Waals surface area contributed by atoms with Crippen LogP contribution in [0.3, 0.4) is 0 Å². The van der Waals surface area contributed by atoms with E-state index in [4.69, 9.17) is 4.74 Å². The molecule has 5 rings (SSSR count). The van der Waals surface area contributed by atoms with Crippen LogP contribution in [0.1, 0.15) is 62.3 Å². The Kier molecular flexibility index (Phi) is 7.12. The molecular weight excluding hydrogens is 519 g/mol. The summed E-state index contributed by atoms with van der Waals surface area (Å²) in [7, 11) is 1.53. The summed E-state index contributed by atoms with van der Waals surface area (Å²) in [4.78, 5) is 17.4. The molecule has 0 radical (unpaired) electrons. The van der Waals surface area contributed by atoms with E-state index < -0.39 is 30.2 Å². The van der Waals surface area contributed by atoms with E-state index in [1.807, 2.05) is 32.1 Å². The van der Waals surface area contributed by atoms with Crippen molar-refractivity contribution in [2.45, 2.75) is 63.8 Å². The Morgan fingerprint density at radius 3 is 2.65 bits per heavy atom. The number of rotatable bonds is 5. The molecule has 210 valence electrons. The van der Waals surface area contributed by atoms with Gasteiger partial charge in [-0.2, -0.15) is 13.2 Å². The number of allylic oxidation sites excluding steroid dienone is 3. The van der Waals surface area contributed by atoms with Crippen molar-refractivity contribution in [3.05, 3.63) is 93.1 Å². The zero-order valence-electron chi connectivity index (χ0n) is 22.8. The molecule has 1 aliphatic heterocycles. The van der Waals surface area contributed by atoms with E-state index in [9.17, 15) is 23.1 Å². The van der Waals surface area contributed by atoms with Crippen molar-refractivity contribution in [2.75, 3.05) is 12.4 Å². The standard InChI is InChI=1S/C31H32F3N3O3/c1-5-20-10-12-22-24(15-20)19(3)16-30(39,31(32,33)34)28(22)36-25-7-6-8-26-23(25)13-14-27(38)37(26)21-11-9-18(2)29(40-4)35-17-21/h6-8,10-15,17,19,28,36,39H,5,9,16H2,1-4H3. The third kappa shape index (κ3) is 4.62. The molecule has 3 atom stereocenters. The number of aromatic nitrogens is 1. The van der Waals surface area contributed by atoms with Crippen LogP contribution in [0, 0.1) is 0 Å². The van der Waals surface area contributed by atoms with E-state index in [2.05, 4.69) is 10.3 Å². The van der Waals surface area contributed by atoms with E-state index in [0.717, 1.165) is 23.1 Å². The molecule has 2 aliphatic rings. The summed E-state index contributed by atoms with van der Waals surface area (Å²) in [6, 6.07) is 12.0. The lowest BCUT2D eigenvalue weighted by molar-refractivity contribution is -0.272. The Labute approximate surface area is 230 Å². The van der Waals surface area contributed by atoms with Gasteiger partial charge in [-0.1, -0.05) is 44.2 Å². The first kappa shape index (κ1) is 27.7. The fourth-order valence-electron chi connectivity index (χ4n) is 5.79. The zero-order valence-corrected chi connectivity index (χ0v) is 22.8. The molecule has 3 unspecified atom stereocenters. The van der Waals surface area contributed by atoms with Crippen LogP contribution in [0.2, 0.25) is 0 Å². The van der Waals surface area contributed by atoms with Gasteiger partial charge in [0.25, 0.3) is 5.56 Å². The summed E-state index contributed by atoms with van der Waals surface area (Å²) >= 11 is 0. The fraction of sp³-hybridized carbons (Fsp3) is 0.355. The number of aryl methyl sites for hydroxylation is 1. The van der Waals surface area contributed by atoms with Gasteiger partial charge >= 0.3 is 6.18 Å². The number of aliphatic hydroxyl groups is 1. The van der Waals surface area contributed by atoms with Crippen molar-refractivity contribution in [1.29, 1.82) is 0 Å². The molecule has 3 aromatic rings. The van der Waals surface area contributed by atoms with Crippen LogP contribution in [-0.4, -0.2) is 34.8 Å². The van der Waals surface area contributed by atoms with Crippen LogP contribution in [-0.2, 0) is 11.2 Å². The highest BCUT2D eigenvalue weighted by Crippen LogP contribution is 2.52. The van der Waals surface area contributed by atoms with Crippen molar-refractivity contribution >= 4 is 28.5 Å². The average molecular weight is 552 g/mol. The van der Waals surface area contributed by atoms with E-state index >= 15 is 0 Å². The normalized spacial score (nSPS) is 23.1. The number of nitrogens with one attached hydrogen (secondary N) is 1. The number of aliphatic imine (C=N–C) groups is 1. The first-order valence-electron chi connectivity index (χ1n) is 13.3. The van der Waals surface area contributed by atoms with Gasteiger partial charge in [-0.05, 0) is 72.6 Å². The van der Waals surface area contributed by atoms with Crippen molar-refractivity contribution in [3.63, 3.8) is 0 Å². The Bertz CT molecular complexity index is 1620. The first-order chi connectivity index (χ1) is 19.0. The van der Waals surface area contributed by atoms with Crippen LogP contribution in [0.15, 0.2) is 75.9 Å². The summed E-state index contributed by atoms with van der Waals surface area (Å²) < 4.78 is 50.4. The van der Waals surface area contributed by atoms with Gasteiger partial charge < -0.3 is 15.2 Å². The molecule has 40 heavy (non-hydrogen) atoms. The Morgan fingerprint density at radius 2 is 1.95 bits per heavy atom. The minimum absolute atomic E-state index is 0.309. The van der Waals surface area contributed by atoms with Crippen LogP contribution >= 0.6 is 0 Å². The Balaban J connectivity index is 1.65. The van der Waals surface area contributed by atoms with Gasteiger partial charge in [0, 0.05) is 17.1 Å². The van der Waals surface area contributed by atoms with Crippen LogP contribution in [0.4, 0.5) is 18.9 Å². The van der Waals surface area contributed by atoms with Crippen molar-refractivity contribution < 1.29 is 23.0 Å². The summed E-state index contributed by atoms with van der Waals surface area (Å²) in [5.41, 5.74) is 1.20. The molecule has 0 saturated carbocycles. The first-order valence-corrected chi connectivity index (χ1v) is 13.3. The minimum Gasteiger partial charge on any atom is -0.481 e. The topological polar surface area (TPSA) is 75.8 Å². The molecular formula is C31H32F3N3O3. The fourth-order valence-corrected chi connectivity index (χ4v) is 5.79. The zero-order chi connectivity index (χ0) is 28.8. The van der Waals surface area contributed by atoms with Crippen LogP contribution < -0.4 is 10.9 Å². The molecule has 1 aliphatic carbocycles. The number of alkyl halides is 3. The van der Waals surface area contributed by atoms with Gasteiger partial charge in [-0.3, -0.25) is 9.36 Å². The predicted octanol–water partition coefficient (Wildman–Crippen LogP) is 6.71. The average Bonchev–Trinajstić information content (AvgIpc) is 3.10. The largest absolute Gasteiger partial charge is 0.481 e. The van der Waals surface area contributed by atoms with Crippen LogP contribution in [0.25, 0.3) is 16.6 Å². The number of pyridine rings is 1. The molecule has 0 amide bonds. The van der Waals surface area contributed by atoms with E-state index in [-0.39, 0.29) is 5.56 Å². The monoisotopic (exact) mass is 551 g/mol. The smallest absolute Gasteiger partial charge is 0.419 e. The Hall–Kier alpha value is -3.85. The van der Waals surface area contributed by atoms with Gasteiger partial charge in [-0.25, -0.2) is 4.99 Å². The molecule has 0 bridgehead atoms. The Morgan fingerprint density at radius 1 is 1.18 bits per heavy atom. The molecule has 2 heterocycles. The van der Waals surface area contributed by atoms with Crippen molar-refractivity contribution in [2.24, 2.45) is 4.99 Å². The van der Waals surface area contributed by atoms with Gasteiger partial charge in [-0.15, -0.1) is 0 Å². The number of halogens is 3.